The van der Waals surface area contributed by atoms with E-state index in [2.05, 4.69) is 15.6 Å². The van der Waals surface area contributed by atoms with Gasteiger partial charge in [-0.15, -0.1) is 11.3 Å². The van der Waals surface area contributed by atoms with Crippen LogP contribution in [0.5, 0.6) is 0 Å². The number of aliphatic hydroxyl groups excluding tert-OH is 1. The van der Waals surface area contributed by atoms with Gasteiger partial charge in [-0.3, -0.25) is 9.59 Å². The Labute approximate surface area is 231 Å². The minimum Gasteiger partial charge on any atom is -0.520 e. The Morgan fingerprint density at radius 2 is 1.83 bits per heavy atom. The van der Waals surface area contributed by atoms with Gasteiger partial charge in [0, 0.05) is 31.5 Å². The maximum atomic E-state index is 13.2. The number of aryl methyl sites for hydroxylation is 1. The summed E-state index contributed by atoms with van der Waals surface area (Å²) in [7, 11) is 0. The van der Waals surface area contributed by atoms with Crippen molar-refractivity contribution < 1.29 is 38.0 Å². The van der Waals surface area contributed by atoms with Crippen molar-refractivity contribution in [3.8, 4) is 10.4 Å². The second kappa shape index (κ2) is 13.9. The molecule has 1 radical (unpaired) electrons. The molecule has 1 aliphatic heterocycles. The van der Waals surface area contributed by atoms with Gasteiger partial charge >= 0.3 is 0 Å². The average Bonchev–Trinajstić information content (AvgIpc) is 3.36. The number of thiazole rings is 1. The van der Waals surface area contributed by atoms with E-state index in [0.717, 1.165) is 21.7 Å². The van der Waals surface area contributed by atoms with Crippen LogP contribution in [-0.4, -0.2) is 57.9 Å². The van der Waals surface area contributed by atoms with E-state index in [9.17, 15) is 19.5 Å². The number of aromatic nitrogens is 1. The van der Waals surface area contributed by atoms with Crippen LogP contribution >= 0.6 is 11.3 Å². The fourth-order valence-corrected chi connectivity index (χ4v) is 4.89. The Kier molecular flexibility index (Phi) is 13.1. The minimum absolute atomic E-state index is 0. The summed E-state index contributed by atoms with van der Waals surface area (Å²) in [6.45, 7) is 9.35. The van der Waals surface area contributed by atoms with Crippen LogP contribution in [0.15, 0.2) is 29.8 Å². The van der Waals surface area contributed by atoms with Gasteiger partial charge < -0.3 is 40.3 Å². The number of likely N-dealkylation sites (tertiary alicyclic amines) is 1. The zero-order valence-corrected chi connectivity index (χ0v) is 24.2. The Hall–Kier alpha value is -2.20. The molecule has 4 atom stereocenters. The minimum atomic E-state index is -0.851. The smallest absolute Gasteiger partial charge is 0.243 e. The van der Waals surface area contributed by atoms with E-state index in [1.807, 2.05) is 64.4 Å². The topological polar surface area (TPSA) is 112 Å². The zero-order chi connectivity index (χ0) is 24.3. The van der Waals surface area contributed by atoms with E-state index in [4.69, 9.17) is 0 Å². The van der Waals surface area contributed by atoms with E-state index in [1.54, 1.807) is 17.7 Å². The average molecular weight is 553 g/mol. The van der Waals surface area contributed by atoms with Gasteiger partial charge in [-0.05, 0) is 30.4 Å². The van der Waals surface area contributed by atoms with Gasteiger partial charge in [0.15, 0.2) is 0 Å². The molecule has 1 aliphatic rings. The Morgan fingerprint density at radius 3 is 2.33 bits per heavy atom. The summed E-state index contributed by atoms with van der Waals surface area (Å²) < 4.78 is 0. The fraction of sp³-hybridized carbons (Fsp3) is 0.462. The number of nitrogens with zero attached hydrogens (tertiary/aromatic N) is 2. The number of hydrogen-bond acceptors (Lipinski definition) is 6. The molecule has 1 fully saturated rings. The molecule has 0 bridgehead atoms. The van der Waals surface area contributed by atoms with Gasteiger partial charge in [0.1, 0.15) is 6.04 Å². The van der Waals surface area contributed by atoms with Crippen molar-refractivity contribution >= 4 is 29.6 Å². The van der Waals surface area contributed by atoms with Gasteiger partial charge in [0.25, 0.3) is 0 Å². The first-order chi connectivity index (χ1) is 15.5. The van der Waals surface area contributed by atoms with Crippen molar-refractivity contribution in [2.75, 3.05) is 6.54 Å². The molecule has 4 unspecified atom stereocenters. The van der Waals surface area contributed by atoms with Gasteiger partial charge in [-0.25, -0.2) is 4.98 Å². The van der Waals surface area contributed by atoms with Crippen molar-refractivity contribution in [2.24, 2.45) is 5.41 Å². The molecule has 2 heterocycles. The van der Waals surface area contributed by atoms with Gasteiger partial charge in [-0.1, -0.05) is 45.0 Å². The third kappa shape index (κ3) is 7.65. The summed E-state index contributed by atoms with van der Waals surface area (Å²) in [5.41, 5.74) is 4.22. The molecule has 1 aromatic heterocycles. The third-order valence-electron chi connectivity index (χ3n) is 5.96. The van der Waals surface area contributed by atoms with Crippen LogP contribution in [0.2, 0.25) is 0 Å². The number of carbonyl (C=O) groups is 2. The van der Waals surface area contributed by atoms with Crippen molar-refractivity contribution in [3.05, 3.63) is 55.9 Å². The zero-order valence-electron chi connectivity index (χ0n) is 22.0. The molecule has 1 aromatic carbocycles. The van der Waals surface area contributed by atoms with Crippen LogP contribution < -0.4 is 10.6 Å². The molecule has 0 spiro atoms. The van der Waals surface area contributed by atoms with Gasteiger partial charge in [0.2, 0.25) is 11.8 Å². The van der Waals surface area contributed by atoms with Crippen LogP contribution in [0.25, 0.3) is 10.4 Å². The largest absolute Gasteiger partial charge is 0.520 e. The molecule has 3 N–H and O–H groups in total. The van der Waals surface area contributed by atoms with Gasteiger partial charge in [-0.2, -0.15) is 6.41 Å². The maximum absolute atomic E-state index is 13.2. The number of nitrogens with one attached hydrogen (secondary N) is 2. The standard InChI is InChI=1S/C24H31N4O4S.2CH3.V/c1-14(16-6-8-17(9-7-16)20-15(2)26-13-33-20)27-22(31)19-10-18(30)11-28(19)23(32)21(25-12-29)24(3,4)5;;;/h6-9,13-14,18-19,21,30H,10-11H2,1-5H3,(H,25,29)(H,27,31);2*1H3;/q3*-1;. The number of aliphatic hydroxyl groups is 1. The second-order valence-electron chi connectivity index (χ2n) is 9.56. The third-order valence-corrected chi connectivity index (χ3v) is 6.94. The van der Waals surface area contributed by atoms with Crippen molar-refractivity contribution in [3.63, 3.8) is 0 Å². The fourth-order valence-electron chi connectivity index (χ4n) is 4.07. The van der Waals surface area contributed by atoms with Crippen LogP contribution in [-0.2, 0) is 32.9 Å². The predicted molar refractivity (Wildman–Crippen MR) is 140 cm³/mol. The first kappa shape index (κ1) is 33.8. The van der Waals surface area contributed by atoms with E-state index >= 15 is 0 Å². The van der Waals surface area contributed by atoms with Crippen molar-refractivity contribution in [1.82, 2.24) is 20.5 Å². The van der Waals surface area contributed by atoms with E-state index < -0.39 is 29.5 Å². The number of amides is 3. The first-order valence-electron chi connectivity index (χ1n) is 10.9. The Morgan fingerprint density at radius 1 is 1.22 bits per heavy atom. The monoisotopic (exact) mass is 552 g/mol. The van der Waals surface area contributed by atoms with E-state index in [-0.39, 0.29) is 58.3 Å². The molecular weight excluding hydrogens is 515 g/mol. The summed E-state index contributed by atoms with van der Waals surface area (Å²) in [6, 6.07) is 5.98. The summed E-state index contributed by atoms with van der Waals surface area (Å²) in [5.74, 6) is -0.739. The molecule has 199 valence electrons. The SMILES string of the molecule is Cc1ncsc1-c1ccc(C(C)NC(=O)C2CC(O)CN2C(=O)C(N[C-]=O)C(C)(C)C)cc1.[CH3-].[CH3-].[V]. The molecule has 1 saturated heterocycles. The summed E-state index contributed by atoms with van der Waals surface area (Å²) in [6.07, 6.45) is 0.937. The molecular formula is C26H37N4O4SV-3. The molecule has 3 amide bonds. The van der Waals surface area contributed by atoms with Crippen LogP contribution in [0.1, 0.15) is 51.4 Å². The number of hydrogen-bond donors (Lipinski definition) is 3. The molecule has 0 aliphatic carbocycles. The normalized spacial score (nSPS) is 18.6. The molecule has 10 heteroatoms. The van der Waals surface area contributed by atoms with E-state index in [0.29, 0.717) is 0 Å². The maximum Gasteiger partial charge on any atom is 0.243 e. The first-order valence-corrected chi connectivity index (χ1v) is 11.8. The predicted octanol–water partition coefficient (Wildman–Crippen LogP) is 3.23. The van der Waals surface area contributed by atoms with Crippen molar-refractivity contribution in [1.29, 1.82) is 0 Å². The number of rotatable bonds is 7. The Balaban J connectivity index is 0.00000408. The van der Waals surface area contributed by atoms with E-state index in [1.165, 1.54) is 4.90 Å². The van der Waals surface area contributed by atoms with Crippen LogP contribution in [0.4, 0.5) is 0 Å². The molecule has 2 aromatic rings. The molecule has 3 rings (SSSR count). The Bertz CT molecular complexity index is 1010. The van der Waals surface area contributed by atoms with Crippen LogP contribution in [0, 0.1) is 27.2 Å². The van der Waals surface area contributed by atoms with Crippen molar-refractivity contribution in [2.45, 2.75) is 65.3 Å². The quantitative estimate of drug-likeness (QED) is 0.361. The summed E-state index contributed by atoms with van der Waals surface area (Å²) in [5, 5.41) is 15.6. The number of benzene rings is 1. The number of β-amino-alcohol motifs (C(OH)–C–C–N with tert-alkyl or cyclic N) is 1. The summed E-state index contributed by atoms with van der Waals surface area (Å²) >= 11 is 1.58. The number of carbonyl (C=O) groups excluding carboxylic acids is 3. The molecule has 0 saturated carbocycles. The van der Waals surface area contributed by atoms with Crippen LogP contribution in [0.3, 0.4) is 0 Å². The molecule has 36 heavy (non-hydrogen) atoms. The molecule has 8 nitrogen and oxygen atoms in total. The van der Waals surface area contributed by atoms with Gasteiger partial charge in [0.05, 0.1) is 34.3 Å². The second-order valence-corrected chi connectivity index (χ2v) is 10.4. The summed E-state index contributed by atoms with van der Waals surface area (Å²) in [4.78, 5) is 44.0.